The van der Waals surface area contributed by atoms with Crippen molar-refractivity contribution < 1.29 is 13.5 Å². The van der Waals surface area contributed by atoms with Gasteiger partial charge in [-0.15, -0.1) is 0 Å². The van der Waals surface area contributed by atoms with E-state index in [1.54, 1.807) is 0 Å². The van der Waals surface area contributed by atoms with Gasteiger partial charge in [-0.25, -0.2) is 0 Å². The second-order valence-corrected chi connectivity index (χ2v) is 6.88. The normalized spacial score (nSPS) is 46.3. The Bertz CT molecular complexity index is 301. The van der Waals surface area contributed by atoms with Crippen molar-refractivity contribution in [2.24, 2.45) is 17.8 Å². The molecule has 1 N–H and O–H groups in total. The molecule has 0 aromatic heterocycles. The zero-order chi connectivity index (χ0) is 12.9. The Hall–Kier alpha value is -0.220. The minimum Gasteiger partial charge on any atom is -0.316 e. The first-order valence-corrected chi connectivity index (χ1v) is 7.19. The first-order valence-electron chi connectivity index (χ1n) is 7.19. The Labute approximate surface area is 107 Å². The summed E-state index contributed by atoms with van der Waals surface area (Å²) in [7, 11) is 0. The number of rotatable bonds is 4. The third-order valence-corrected chi connectivity index (χ3v) is 5.08. The molecule has 5 atom stereocenters. The van der Waals surface area contributed by atoms with E-state index in [1.807, 2.05) is 0 Å². The zero-order valence-corrected chi connectivity index (χ0v) is 11.2. The summed E-state index contributed by atoms with van der Waals surface area (Å²) in [5.41, 5.74) is -0.500. The van der Waals surface area contributed by atoms with E-state index in [9.17, 15) is 8.78 Å². The predicted molar refractivity (Wildman–Crippen MR) is 65.4 cm³/mol. The van der Waals surface area contributed by atoms with Gasteiger partial charge in [-0.05, 0) is 49.9 Å². The molecule has 0 radical (unpaired) electrons. The molecule has 4 aliphatic rings. The van der Waals surface area contributed by atoms with Crippen molar-refractivity contribution in [2.45, 2.75) is 70.2 Å². The van der Waals surface area contributed by atoms with Crippen molar-refractivity contribution in [3.05, 3.63) is 0 Å². The molecular formula is C14H23F2NO. The van der Waals surface area contributed by atoms with Gasteiger partial charge in [0.15, 0.2) is 0 Å². The minimum absolute atomic E-state index is 0.472. The molecule has 18 heavy (non-hydrogen) atoms. The molecule has 4 bridgehead atoms. The fourth-order valence-corrected chi connectivity index (χ4v) is 4.94. The van der Waals surface area contributed by atoms with Crippen LogP contribution in [-0.2, 0) is 4.74 Å². The molecule has 2 nitrogen and oxygen atoms in total. The quantitative estimate of drug-likeness (QED) is 0.837. The molecule has 0 saturated heterocycles. The Balaban J connectivity index is 1.75. The van der Waals surface area contributed by atoms with Crippen LogP contribution in [0.2, 0.25) is 0 Å². The van der Waals surface area contributed by atoms with E-state index in [4.69, 9.17) is 4.74 Å². The summed E-state index contributed by atoms with van der Waals surface area (Å²) in [5.74, 6) is 1.70. The second-order valence-electron chi connectivity index (χ2n) is 6.88. The number of hydrogen-bond acceptors (Lipinski definition) is 2. The molecular weight excluding hydrogens is 236 g/mol. The molecule has 0 spiro atoms. The van der Waals surface area contributed by atoms with Gasteiger partial charge >= 0.3 is 6.61 Å². The SMILES string of the molecule is CC(C)NC1[C@@H]2CC3C[C@H]1CC(OC(F)F)(C3)C2. The smallest absolute Gasteiger partial charge is 0.316 e. The average molecular weight is 259 g/mol. The number of hydrogen-bond donors (Lipinski definition) is 1. The summed E-state index contributed by atoms with van der Waals surface area (Å²) in [6, 6.07) is 0.996. The van der Waals surface area contributed by atoms with E-state index in [1.165, 1.54) is 12.8 Å². The fraction of sp³-hybridized carbons (Fsp3) is 1.00. The summed E-state index contributed by atoms with van der Waals surface area (Å²) in [6.45, 7) is 1.71. The van der Waals surface area contributed by atoms with Crippen molar-refractivity contribution in [1.82, 2.24) is 5.32 Å². The van der Waals surface area contributed by atoms with Crippen molar-refractivity contribution >= 4 is 0 Å². The average Bonchev–Trinajstić information content (AvgIpc) is 2.20. The van der Waals surface area contributed by atoms with Gasteiger partial charge in [0.1, 0.15) is 0 Å². The van der Waals surface area contributed by atoms with Gasteiger partial charge in [-0.1, -0.05) is 13.8 Å². The highest BCUT2D eigenvalue weighted by Gasteiger charge is 2.56. The largest absolute Gasteiger partial charge is 0.345 e. The van der Waals surface area contributed by atoms with E-state index in [2.05, 4.69) is 19.2 Å². The summed E-state index contributed by atoms with van der Waals surface area (Å²) < 4.78 is 30.3. The van der Waals surface area contributed by atoms with Crippen LogP contribution in [0.25, 0.3) is 0 Å². The van der Waals surface area contributed by atoms with Crippen LogP contribution < -0.4 is 5.32 Å². The van der Waals surface area contributed by atoms with Crippen LogP contribution in [0.15, 0.2) is 0 Å². The number of halogens is 2. The Morgan fingerprint density at radius 3 is 2.22 bits per heavy atom. The standard InChI is InChI=1S/C14H23F2NO/c1-8(2)17-12-10-3-9-4-11(12)7-14(5-9,6-10)18-13(15)16/h8-13,17H,3-7H2,1-2H3/t9?,10-,11+,12?,14?. The maximum Gasteiger partial charge on any atom is 0.345 e. The van der Waals surface area contributed by atoms with Crippen LogP contribution >= 0.6 is 0 Å². The maximum absolute atomic E-state index is 12.6. The Morgan fingerprint density at radius 1 is 1.11 bits per heavy atom. The van der Waals surface area contributed by atoms with Gasteiger partial charge in [-0.2, -0.15) is 8.78 Å². The Morgan fingerprint density at radius 2 is 1.72 bits per heavy atom. The predicted octanol–water partition coefficient (Wildman–Crippen LogP) is 3.17. The molecule has 4 heteroatoms. The van der Waals surface area contributed by atoms with Crippen molar-refractivity contribution in [3.63, 3.8) is 0 Å². The lowest BCUT2D eigenvalue weighted by Gasteiger charge is -2.59. The molecule has 0 aromatic rings. The molecule has 0 amide bonds. The monoisotopic (exact) mass is 259 g/mol. The lowest BCUT2D eigenvalue weighted by atomic mass is 9.52. The van der Waals surface area contributed by atoms with Crippen LogP contribution in [0.1, 0.15) is 46.0 Å². The van der Waals surface area contributed by atoms with Gasteiger partial charge in [0.25, 0.3) is 0 Å². The van der Waals surface area contributed by atoms with E-state index in [0.29, 0.717) is 29.8 Å². The van der Waals surface area contributed by atoms with Crippen molar-refractivity contribution in [1.29, 1.82) is 0 Å². The molecule has 0 aromatic carbocycles. The van der Waals surface area contributed by atoms with Gasteiger partial charge in [0.2, 0.25) is 0 Å². The maximum atomic E-state index is 12.6. The van der Waals surface area contributed by atoms with Crippen LogP contribution in [0.4, 0.5) is 8.78 Å². The molecule has 0 aliphatic heterocycles. The van der Waals surface area contributed by atoms with E-state index in [-0.39, 0.29) is 0 Å². The fourth-order valence-electron chi connectivity index (χ4n) is 4.94. The zero-order valence-electron chi connectivity index (χ0n) is 11.2. The second kappa shape index (κ2) is 4.41. The minimum atomic E-state index is -2.61. The third kappa shape index (κ3) is 2.18. The van der Waals surface area contributed by atoms with Crippen LogP contribution in [0.3, 0.4) is 0 Å². The third-order valence-electron chi connectivity index (χ3n) is 5.08. The van der Waals surface area contributed by atoms with Gasteiger partial charge in [0.05, 0.1) is 5.60 Å². The van der Waals surface area contributed by atoms with Crippen molar-refractivity contribution in [3.8, 4) is 0 Å². The topological polar surface area (TPSA) is 21.3 Å². The molecule has 4 saturated carbocycles. The highest BCUT2D eigenvalue weighted by molar-refractivity contribution is 5.09. The number of nitrogens with one attached hydrogen (secondary N) is 1. The highest BCUT2D eigenvalue weighted by Crippen LogP contribution is 2.57. The summed E-state index contributed by atoms with van der Waals surface area (Å²) in [4.78, 5) is 0. The molecule has 4 fully saturated rings. The van der Waals surface area contributed by atoms with Crippen LogP contribution in [-0.4, -0.2) is 24.3 Å². The molecule has 104 valence electrons. The van der Waals surface area contributed by atoms with Crippen LogP contribution in [0.5, 0.6) is 0 Å². The van der Waals surface area contributed by atoms with E-state index in [0.717, 1.165) is 19.3 Å². The summed E-state index contributed by atoms with van der Waals surface area (Å²) in [6.07, 6.45) is 4.92. The number of alkyl halides is 2. The highest BCUT2D eigenvalue weighted by atomic mass is 19.3. The lowest BCUT2D eigenvalue weighted by Crippen LogP contribution is -2.62. The first kappa shape index (κ1) is 12.8. The Kier molecular flexibility index (Phi) is 3.14. The van der Waals surface area contributed by atoms with Gasteiger partial charge in [0, 0.05) is 12.1 Å². The van der Waals surface area contributed by atoms with Gasteiger partial charge < -0.3 is 10.1 Å². The van der Waals surface area contributed by atoms with Crippen molar-refractivity contribution in [2.75, 3.05) is 0 Å². The molecule has 4 aliphatic carbocycles. The summed E-state index contributed by atoms with van der Waals surface area (Å²) >= 11 is 0. The van der Waals surface area contributed by atoms with Gasteiger partial charge in [-0.3, -0.25) is 0 Å². The molecule has 3 unspecified atom stereocenters. The molecule has 0 heterocycles. The molecule has 4 rings (SSSR count). The van der Waals surface area contributed by atoms with E-state index >= 15 is 0 Å². The van der Waals surface area contributed by atoms with Crippen LogP contribution in [0, 0.1) is 17.8 Å². The first-order chi connectivity index (χ1) is 8.47. The summed E-state index contributed by atoms with van der Waals surface area (Å²) in [5, 5.41) is 3.65. The lowest BCUT2D eigenvalue weighted by molar-refractivity contribution is -0.261. The number of ether oxygens (including phenoxy) is 1. The van der Waals surface area contributed by atoms with E-state index < -0.39 is 12.2 Å².